The molecule has 0 amide bonds. The second-order valence-electron chi connectivity index (χ2n) is 5.12. The van der Waals surface area contributed by atoms with Crippen molar-refractivity contribution in [2.45, 2.75) is 33.1 Å². The summed E-state index contributed by atoms with van der Waals surface area (Å²) in [5.74, 6) is 2.69. The number of aromatic nitrogens is 3. The molecule has 6 nitrogen and oxygen atoms in total. The molecular formula is C13H24N6. The van der Waals surface area contributed by atoms with Gasteiger partial charge in [-0.15, -0.1) is 0 Å². The summed E-state index contributed by atoms with van der Waals surface area (Å²) in [5, 5.41) is 6.31. The zero-order valence-corrected chi connectivity index (χ0v) is 12.1. The molecule has 1 saturated heterocycles. The highest BCUT2D eigenvalue weighted by atomic mass is 15.3. The first kappa shape index (κ1) is 13.8. The van der Waals surface area contributed by atoms with E-state index in [1.54, 1.807) is 0 Å². The molecule has 2 rings (SSSR count). The highest BCUT2D eigenvalue weighted by Crippen LogP contribution is 2.18. The number of rotatable bonds is 6. The van der Waals surface area contributed by atoms with E-state index in [0.29, 0.717) is 17.8 Å². The van der Waals surface area contributed by atoms with Crippen LogP contribution >= 0.6 is 0 Å². The van der Waals surface area contributed by atoms with E-state index in [1.165, 1.54) is 12.8 Å². The summed E-state index contributed by atoms with van der Waals surface area (Å²) in [7, 11) is 1.83. The molecular weight excluding hydrogens is 240 g/mol. The zero-order valence-electron chi connectivity index (χ0n) is 12.1. The normalized spacial score (nSPS) is 16.5. The molecule has 6 heteroatoms. The summed E-state index contributed by atoms with van der Waals surface area (Å²) in [6.07, 6.45) is 3.59. The highest BCUT2D eigenvalue weighted by molar-refractivity contribution is 5.44. The minimum absolute atomic E-state index is 0.616. The van der Waals surface area contributed by atoms with Gasteiger partial charge in [0.05, 0.1) is 0 Å². The molecule has 1 aliphatic rings. The van der Waals surface area contributed by atoms with Gasteiger partial charge in [0.2, 0.25) is 17.8 Å². The summed E-state index contributed by atoms with van der Waals surface area (Å²) >= 11 is 0. The van der Waals surface area contributed by atoms with Gasteiger partial charge in [0.25, 0.3) is 0 Å². The molecule has 2 heterocycles. The summed E-state index contributed by atoms with van der Waals surface area (Å²) < 4.78 is 0. The summed E-state index contributed by atoms with van der Waals surface area (Å²) in [4.78, 5) is 15.5. The Morgan fingerprint density at radius 3 is 2.47 bits per heavy atom. The molecule has 1 aromatic heterocycles. The van der Waals surface area contributed by atoms with Crippen LogP contribution in [0.25, 0.3) is 0 Å². The van der Waals surface area contributed by atoms with Crippen molar-refractivity contribution in [1.82, 2.24) is 15.0 Å². The Bertz CT molecular complexity index is 402. The molecule has 0 aliphatic carbocycles. The van der Waals surface area contributed by atoms with E-state index >= 15 is 0 Å². The predicted octanol–water partition coefficient (Wildman–Crippen LogP) is 1.97. The molecule has 1 aliphatic heterocycles. The average molecular weight is 264 g/mol. The Labute approximate surface area is 115 Å². The SMILES string of the molecule is CCC(C)CNc1nc(NC)nc(N2CCCC2)n1. The third-order valence-electron chi connectivity index (χ3n) is 3.54. The van der Waals surface area contributed by atoms with Gasteiger partial charge in [-0.1, -0.05) is 20.3 Å². The molecule has 0 aromatic carbocycles. The first-order chi connectivity index (χ1) is 9.22. The predicted molar refractivity (Wildman–Crippen MR) is 78.8 cm³/mol. The van der Waals surface area contributed by atoms with E-state index in [4.69, 9.17) is 0 Å². The van der Waals surface area contributed by atoms with Crippen LogP contribution in [0.3, 0.4) is 0 Å². The van der Waals surface area contributed by atoms with Crippen molar-refractivity contribution in [2.75, 3.05) is 42.2 Å². The lowest BCUT2D eigenvalue weighted by Gasteiger charge is -2.17. The van der Waals surface area contributed by atoms with Gasteiger partial charge >= 0.3 is 0 Å². The monoisotopic (exact) mass is 264 g/mol. The standard InChI is InChI=1S/C13H24N6/c1-4-10(2)9-15-12-16-11(14-3)17-13(18-12)19-7-5-6-8-19/h10H,4-9H2,1-3H3,(H2,14,15,16,17,18). The fraction of sp³-hybridized carbons (Fsp3) is 0.769. The Kier molecular flexibility index (Phi) is 4.76. The van der Waals surface area contributed by atoms with E-state index < -0.39 is 0 Å². The largest absolute Gasteiger partial charge is 0.357 e. The molecule has 19 heavy (non-hydrogen) atoms. The first-order valence-corrected chi connectivity index (χ1v) is 7.15. The Hall–Kier alpha value is -1.59. The van der Waals surface area contributed by atoms with Gasteiger partial charge in [-0.05, 0) is 18.8 Å². The number of anilines is 3. The maximum absolute atomic E-state index is 4.52. The molecule has 1 unspecified atom stereocenters. The Morgan fingerprint density at radius 2 is 1.84 bits per heavy atom. The van der Waals surface area contributed by atoms with Crippen molar-refractivity contribution >= 4 is 17.8 Å². The van der Waals surface area contributed by atoms with Crippen molar-refractivity contribution < 1.29 is 0 Å². The molecule has 106 valence electrons. The van der Waals surface area contributed by atoms with Gasteiger partial charge in [-0.25, -0.2) is 0 Å². The smallest absolute Gasteiger partial charge is 0.231 e. The molecule has 0 saturated carbocycles. The lowest BCUT2D eigenvalue weighted by atomic mass is 10.1. The van der Waals surface area contributed by atoms with Crippen LogP contribution in [0.15, 0.2) is 0 Å². The second kappa shape index (κ2) is 6.54. The Morgan fingerprint density at radius 1 is 1.16 bits per heavy atom. The van der Waals surface area contributed by atoms with E-state index in [9.17, 15) is 0 Å². The van der Waals surface area contributed by atoms with Crippen molar-refractivity contribution in [2.24, 2.45) is 5.92 Å². The second-order valence-corrected chi connectivity index (χ2v) is 5.12. The molecule has 0 bridgehead atoms. The van der Waals surface area contributed by atoms with E-state index in [-0.39, 0.29) is 0 Å². The van der Waals surface area contributed by atoms with Crippen LogP contribution in [0.2, 0.25) is 0 Å². The molecule has 0 spiro atoms. The van der Waals surface area contributed by atoms with Gasteiger partial charge < -0.3 is 15.5 Å². The summed E-state index contributed by atoms with van der Waals surface area (Å²) in [6, 6.07) is 0. The van der Waals surface area contributed by atoms with Crippen LogP contribution in [-0.4, -0.2) is 41.6 Å². The van der Waals surface area contributed by atoms with E-state index in [1.807, 2.05) is 7.05 Å². The van der Waals surface area contributed by atoms with Gasteiger partial charge in [-0.2, -0.15) is 15.0 Å². The van der Waals surface area contributed by atoms with Gasteiger partial charge in [-0.3, -0.25) is 0 Å². The quantitative estimate of drug-likeness (QED) is 0.819. The summed E-state index contributed by atoms with van der Waals surface area (Å²) in [6.45, 7) is 7.38. The molecule has 1 fully saturated rings. The van der Waals surface area contributed by atoms with E-state index in [0.717, 1.165) is 32.0 Å². The van der Waals surface area contributed by atoms with Crippen LogP contribution in [-0.2, 0) is 0 Å². The zero-order chi connectivity index (χ0) is 13.7. The summed E-state index contributed by atoms with van der Waals surface area (Å²) in [5.41, 5.74) is 0. The molecule has 1 aromatic rings. The fourth-order valence-electron chi connectivity index (χ4n) is 2.02. The van der Waals surface area contributed by atoms with Crippen molar-refractivity contribution in [1.29, 1.82) is 0 Å². The van der Waals surface area contributed by atoms with Crippen LogP contribution in [0, 0.1) is 5.92 Å². The minimum Gasteiger partial charge on any atom is -0.357 e. The van der Waals surface area contributed by atoms with Crippen LogP contribution in [0.5, 0.6) is 0 Å². The third-order valence-corrected chi connectivity index (χ3v) is 3.54. The van der Waals surface area contributed by atoms with Gasteiger partial charge in [0.1, 0.15) is 0 Å². The van der Waals surface area contributed by atoms with E-state index in [2.05, 4.69) is 44.3 Å². The molecule has 2 N–H and O–H groups in total. The van der Waals surface area contributed by atoms with Crippen molar-refractivity contribution in [3.63, 3.8) is 0 Å². The maximum atomic E-state index is 4.52. The topological polar surface area (TPSA) is 66.0 Å². The number of hydrogen-bond donors (Lipinski definition) is 2. The maximum Gasteiger partial charge on any atom is 0.231 e. The first-order valence-electron chi connectivity index (χ1n) is 7.15. The van der Waals surface area contributed by atoms with Gasteiger partial charge in [0, 0.05) is 26.7 Å². The van der Waals surface area contributed by atoms with Crippen LogP contribution < -0.4 is 15.5 Å². The van der Waals surface area contributed by atoms with Gasteiger partial charge in [0.15, 0.2) is 0 Å². The fourth-order valence-corrected chi connectivity index (χ4v) is 2.02. The number of hydrogen-bond acceptors (Lipinski definition) is 6. The lowest BCUT2D eigenvalue weighted by molar-refractivity contribution is 0.591. The molecule has 0 radical (unpaired) electrons. The lowest BCUT2D eigenvalue weighted by Crippen LogP contribution is -2.22. The minimum atomic E-state index is 0.616. The highest BCUT2D eigenvalue weighted by Gasteiger charge is 2.17. The number of nitrogens with one attached hydrogen (secondary N) is 2. The van der Waals surface area contributed by atoms with Crippen LogP contribution in [0.1, 0.15) is 33.1 Å². The van der Waals surface area contributed by atoms with Crippen LogP contribution in [0.4, 0.5) is 17.8 Å². The van der Waals surface area contributed by atoms with Crippen molar-refractivity contribution in [3.8, 4) is 0 Å². The van der Waals surface area contributed by atoms with Crippen molar-refractivity contribution in [3.05, 3.63) is 0 Å². The number of nitrogens with zero attached hydrogens (tertiary/aromatic N) is 4. The Balaban J connectivity index is 2.11. The molecule has 1 atom stereocenters. The third kappa shape index (κ3) is 3.68. The average Bonchev–Trinajstić information content (AvgIpc) is 2.98.